The van der Waals surface area contributed by atoms with Gasteiger partial charge in [0.2, 0.25) is 0 Å². The Bertz CT molecular complexity index is 267. The number of hydrogen-bond acceptors (Lipinski definition) is 4. The van der Waals surface area contributed by atoms with Gasteiger partial charge in [-0.25, -0.2) is 0 Å². The van der Waals surface area contributed by atoms with Gasteiger partial charge in [0.05, 0.1) is 18.6 Å². The highest BCUT2D eigenvalue weighted by atomic mass is 16.5. The first kappa shape index (κ1) is 16.9. The fraction of sp³-hybridized carbons (Fsp3) is 0.833. The number of rotatable bonds is 10. The number of aliphatic carboxylic acids is 2. The van der Waals surface area contributed by atoms with Gasteiger partial charge in [0, 0.05) is 19.7 Å². The third-order valence-electron chi connectivity index (χ3n) is 2.38. The van der Waals surface area contributed by atoms with Crippen LogP contribution in [0.1, 0.15) is 27.2 Å². The Morgan fingerprint density at radius 1 is 1.22 bits per heavy atom. The Kier molecular flexibility index (Phi) is 8.32. The molecule has 0 radical (unpaired) electrons. The van der Waals surface area contributed by atoms with E-state index in [0.29, 0.717) is 19.6 Å². The Hall–Kier alpha value is -1.14. The van der Waals surface area contributed by atoms with Gasteiger partial charge < -0.3 is 14.9 Å². The van der Waals surface area contributed by atoms with Gasteiger partial charge in [-0.2, -0.15) is 0 Å². The van der Waals surface area contributed by atoms with Crippen LogP contribution in [0.5, 0.6) is 0 Å². The zero-order valence-electron chi connectivity index (χ0n) is 11.3. The number of ether oxygens (including phenoxy) is 1. The van der Waals surface area contributed by atoms with Gasteiger partial charge in [-0.1, -0.05) is 6.92 Å². The van der Waals surface area contributed by atoms with E-state index in [1.807, 2.05) is 13.8 Å². The van der Waals surface area contributed by atoms with Crippen molar-refractivity contribution in [3.8, 4) is 0 Å². The molecule has 0 aromatic heterocycles. The maximum absolute atomic E-state index is 10.7. The summed E-state index contributed by atoms with van der Waals surface area (Å²) in [5.74, 6) is -2.43. The van der Waals surface area contributed by atoms with Crippen molar-refractivity contribution in [1.29, 1.82) is 0 Å². The molecule has 0 fully saturated rings. The van der Waals surface area contributed by atoms with Crippen LogP contribution < -0.4 is 0 Å². The molecule has 2 N–H and O–H groups in total. The van der Waals surface area contributed by atoms with Crippen LogP contribution in [0, 0.1) is 5.92 Å². The average molecular weight is 261 g/mol. The molecule has 18 heavy (non-hydrogen) atoms. The molecule has 0 amide bonds. The van der Waals surface area contributed by atoms with E-state index in [4.69, 9.17) is 14.9 Å². The van der Waals surface area contributed by atoms with Gasteiger partial charge in [0.15, 0.2) is 0 Å². The van der Waals surface area contributed by atoms with Gasteiger partial charge in [-0.3, -0.25) is 14.5 Å². The van der Waals surface area contributed by atoms with Gasteiger partial charge in [-0.05, 0) is 20.3 Å². The van der Waals surface area contributed by atoms with Gasteiger partial charge in [-0.15, -0.1) is 0 Å². The summed E-state index contributed by atoms with van der Waals surface area (Å²) in [5, 5.41) is 17.6. The summed E-state index contributed by atoms with van der Waals surface area (Å²) in [5.41, 5.74) is 0. The molecule has 0 aliphatic carbocycles. The Balaban J connectivity index is 4.06. The minimum absolute atomic E-state index is 0.140. The maximum atomic E-state index is 10.7. The van der Waals surface area contributed by atoms with Crippen LogP contribution in [-0.4, -0.2) is 59.4 Å². The molecule has 0 aliphatic rings. The molecule has 0 bridgehead atoms. The zero-order valence-corrected chi connectivity index (χ0v) is 11.3. The molecule has 0 saturated carbocycles. The lowest BCUT2D eigenvalue weighted by molar-refractivity contribution is -0.144. The fourth-order valence-electron chi connectivity index (χ4n) is 1.50. The first-order valence-electron chi connectivity index (χ1n) is 6.11. The van der Waals surface area contributed by atoms with Gasteiger partial charge in [0.1, 0.15) is 0 Å². The molecule has 106 valence electrons. The molecule has 0 spiro atoms. The highest BCUT2D eigenvalue weighted by molar-refractivity contribution is 5.70. The van der Waals surface area contributed by atoms with Crippen LogP contribution in [0.25, 0.3) is 0 Å². The van der Waals surface area contributed by atoms with E-state index < -0.39 is 17.9 Å². The molecular weight excluding hydrogens is 238 g/mol. The summed E-state index contributed by atoms with van der Waals surface area (Å²) in [7, 11) is 0. The smallest absolute Gasteiger partial charge is 0.317 e. The molecule has 0 rings (SSSR count). The van der Waals surface area contributed by atoms with Crippen molar-refractivity contribution in [2.45, 2.75) is 33.3 Å². The van der Waals surface area contributed by atoms with Gasteiger partial charge >= 0.3 is 11.9 Å². The molecule has 1 atom stereocenters. The van der Waals surface area contributed by atoms with Crippen LogP contribution in [0.2, 0.25) is 0 Å². The third kappa shape index (κ3) is 8.95. The van der Waals surface area contributed by atoms with E-state index in [1.165, 1.54) is 0 Å². The summed E-state index contributed by atoms with van der Waals surface area (Å²) in [4.78, 5) is 23.1. The second-order valence-corrected chi connectivity index (χ2v) is 4.64. The second-order valence-electron chi connectivity index (χ2n) is 4.64. The quantitative estimate of drug-likeness (QED) is 0.568. The van der Waals surface area contributed by atoms with E-state index in [9.17, 15) is 9.59 Å². The standard InChI is InChI=1S/C12H23NO5/c1-9(2)18-6-4-5-13(8-11(14)15)7-10(3)12(16)17/h9-10H,4-8H2,1-3H3,(H,14,15)(H,16,17). The third-order valence-corrected chi connectivity index (χ3v) is 2.38. The van der Waals surface area contributed by atoms with Crippen molar-refractivity contribution in [2.75, 3.05) is 26.2 Å². The molecule has 6 nitrogen and oxygen atoms in total. The van der Waals surface area contributed by atoms with Crippen molar-refractivity contribution < 1.29 is 24.5 Å². The highest BCUT2D eigenvalue weighted by Crippen LogP contribution is 2.02. The minimum atomic E-state index is -0.947. The van der Waals surface area contributed by atoms with Crippen LogP contribution >= 0.6 is 0 Å². The average Bonchev–Trinajstić information content (AvgIpc) is 2.22. The van der Waals surface area contributed by atoms with E-state index in [-0.39, 0.29) is 19.2 Å². The van der Waals surface area contributed by atoms with Crippen LogP contribution in [-0.2, 0) is 14.3 Å². The summed E-state index contributed by atoms with van der Waals surface area (Å²) in [6.45, 7) is 6.61. The second kappa shape index (κ2) is 8.88. The molecule has 0 heterocycles. The summed E-state index contributed by atoms with van der Waals surface area (Å²) < 4.78 is 5.36. The van der Waals surface area contributed by atoms with E-state index >= 15 is 0 Å². The molecule has 6 heteroatoms. The monoisotopic (exact) mass is 261 g/mol. The Labute approximate surface area is 108 Å². The minimum Gasteiger partial charge on any atom is -0.481 e. The molecule has 0 aromatic rings. The number of carboxylic acid groups (broad SMARTS) is 2. The fourth-order valence-corrected chi connectivity index (χ4v) is 1.50. The van der Waals surface area contributed by atoms with Crippen molar-refractivity contribution >= 4 is 11.9 Å². The van der Waals surface area contributed by atoms with Crippen molar-refractivity contribution in [1.82, 2.24) is 4.90 Å². The predicted octanol–water partition coefficient (Wildman–Crippen LogP) is 0.909. The normalized spacial score (nSPS) is 12.9. The highest BCUT2D eigenvalue weighted by Gasteiger charge is 2.17. The lowest BCUT2D eigenvalue weighted by atomic mass is 10.1. The number of carboxylic acids is 2. The van der Waals surface area contributed by atoms with Crippen LogP contribution in [0.15, 0.2) is 0 Å². The van der Waals surface area contributed by atoms with Crippen molar-refractivity contribution in [3.63, 3.8) is 0 Å². The van der Waals surface area contributed by atoms with E-state index in [1.54, 1.807) is 11.8 Å². The summed E-state index contributed by atoms with van der Waals surface area (Å²) in [6.07, 6.45) is 0.841. The van der Waals surface area contributed by atoms with Crippen LogP contribution in [0.3, 0.4) is 0 Å². The molecular formula is C12H23NO5. The van der Waals surface area contributed by atoms with Crippen molar-refractivity contribution in [2.24, 2.45) is 5.92 Å². The number of hydrogen-bond donors (Lipinski definition) is 2. The first-order valence-corrected chi connectivity index (χ1v) is 6.11. The molecule has 0 saturated heterocycles. The number of carbonyl (C=O) groups is 2. The first-order chi connectivity index (χ1) is 8.32. The predicted molar refractivity (Wildman–Crippen MR) is 66.6 cm³/mol. The number of nitrogens with zero attached hydrogens (tertiary/aromatic N) is 1. The Morgan fingerprint density at radius 3 is 2.28 bits per heavy atom. The lowest BCUT2D eigenvalue weighted by Gasteiger charge is -2.22. The van der Waals surface area contributed by atoms with E-state index in [2.05, 4.69) is 0 Å². The van der Waals surface area contributed by atoms with Gasteiger partial charge in [0.25, 0.3) is 0 Å². The molecule has 0 aliphatic heterocycles. The Morgan fingerprint density at radius 2 is 1.83 bits per heavy atom. The largest absolute Gasteiger partial charge is 0.481 e. The van der Waals surface area contributed by atoms with Crippen molar-refractivity contribution in [3.05, 3.63) is 0 Å². The SMILES string of the molecule is CC(C)OCCCN(CC(=O)O)CC(C)C(=O)O. The summed E-state index contributed by atoms with van der Waals surface area (Å²) >= 11 is 0. The van der Waals surface area contributed by atoms with E-state index in [0.717, 1.165) is 0 Å². The lowest BCUT2D eigenvalue weighted by Crippen LogP contribution is -2.36. The maximum Gasteiger partial charge on any atom is 0.317 e. The van der Waals surface area contributed by atoms with Crippen LogP contribution in [0.4, 0.5) is 0 Å². The molecule has 1 unspecified atom stereocenters. The topological polar surface area (TPSA) is 87.1 Å². The molecule has 0 aromatic carbocycles. The zero-order chi connectivity index (χ0) is 14.1. The summed E-state index contributed by atoms with van der Waals surface area (Å²) in [6, 6.07) is 0.